The zero-order chi connectivity index (χ0) is 18.1. The third-order valence-electron chi connectivity index (χ3n) is 4.70. The molecule has 138 valence electrons. The normalized spacial score (nSPS) is 16.5. The predicted molar refractivity (Wildman–Crippen MR) is 99.5 cm³/mol. The molecule has 1 atom stereocenters. The van der Waals surface area contributed by atoms with Crippen molar-refractivity contribution in [3.05, 3.63) is 24.2 Å². The molecular formula is C18H22N4O3S. The van der Waals surface area contributed by atoms with E-state index < -0.39 is 0 Å². The van der Waals surface area contributed by atoms with Gasteiger partial charge >= 0.3 is 0 Å². The van der Waals surface area contributed by atoms with Crippen molar-refractivity contribution in [2.75, 3.05) is 26.3 Å². The number of morpholine rings is 1. The number of furan rings is 1. The first-order valence-electron chi connectivity index (χ1n) is 9.00. The first-order chi connectivity index (χ1) is 12.7. The highest BCUT2D eigenvalue weighted by Gasteiger charge is 2.27. The fraction of sp³-hybridized carbons (Fsp3) is 0.500. The van der Waals surface area contributed by atoms with Gasteiger partial charge in [-0.2, -0.15) is 0 Å². The number of thioether (sulfide) groups is 1. The summed E-state index contributed by atoms with van der Waals surface area (Å²) in [6.07, 6.45) is 3.19. The van der Waals surface area contributed by atoms with E-state index in [-0.39, 0.29) is 11.2 Å². The molecule has 7 nitrogen and oxygen atoms in total. The molecule has 0 saturated carbocycles. The van der Waals surface area contributed by atoms with E-state index in [1.54, 1.807) is 6.26 Å². The van der Waals surface area contributed by atoms with Crippen molar-refractivity contribution < 1.29 is 13.9 Å². The van der Waals surface area contributed by atoms with Crippen LogP contribution in [0.5, 0.6) is 0 Å². The Balaban J connectivity index is 1.68. The minimum atomic E-state index is -0.181. The first-order valence-corrected chi connectivity index (χ1v) is 9.88. The van der Waals surface area contributed by atoms with Crippen LogP contribution in [0, 0.1) is 0 Å². The number of aromatic nitrogens is 3. The summed E-state index contributed by atoms with van der Waals surface area (Å²) in [5, 5.41) is 9.40. The molecule has 3 aromatic rings. The second-order valence-electron chi connectivity index (χ2n) is 6.26. The van der Waals surface area contributed by atoms with Crippen LogP contribution >= 0.6 is 11.8 Å². The number of rotatable bonds is 5. The van der Waals surface area contributed by atoms with E-state index in [2.05, 4.69) is 21.5 Å². The van der Waals surface area contributed by atoms with E-state index in [9.17, 15) is 4.79 Å². The van der Waals surface area contributed by atoms with Gasteiger partial charge in [-0.15, -0.1) is 10.2 Å². The van der Waals surface area contributed by atoms with Crippen molar-refractivity contribution in [1.29, 1.82) is 0 Å². The third kappa shape index (κ3) is 2.97. The Kier molecular flexibility index (Phi) is 4.86. The Labute approximate surface area is 155 Å². The summed E-state index contributed by atoms with van der Waals surface area (Å²) in [5.41, 5.74) is 2.74. The summed E-state index contributed by atoms with van der Waals surface area (Å²) in [7, 11) is 0. The molecule has 26 heavy (non-hydrogen) atoms. The van der Waals surface area contributed by atoms with Gasteiger partial charge in [-0.05, 0) is 6.42 Å². The van der Waals surface area contributed by atoms with Gasteiger partial charge in [0.05, 0.1) is 35.8 Å². The smallest absolute Gasteiger partial charge is 0.236 e. The van der Waals surface area contributed by atoms with Crippen LogP contribution in [0.3, 0.4) is 0 Å². The number of carbonyl (C=O) groups is 1. The van der Waals surface area contributed by atoms with Crippen molar-refractivity contribution in [3.63, 3.8) is 0 Å². The van der Waals surface area contributed by atoms with Gasteiger partial charge in [0.1, 0.15) is 10.9 Å². The molecule has 4 heterocycles. The lowest BCUT2D eigenvalue weighted by Gasteiger charge is -2.29. The maximum absolute atomic E-state index is 12.9. The van der Waals surface area contributed by atoms with Crippen LogP contribution in [0.15, 0.2) is 27.8 Å². The number of aryl methyl sites for hydroxylation is 1. The van der Waals surface area contributed by atoms with Crippen LogP contribution in [0.1, 0.15) is 26.1 Å². The largest absolute Gasteiger partial charge is 0.463 e. The molecule has 8 heteroatoms. The summed E-state index contributed by atoms with van der Waals surface area (Å²) >= 11 is 1.49. The molecule has 0 N–H and O–H groups in total. The number of carbonyl (C=O) groups excluding carboxylic acids is 1. The van der Waals surface area contributed by atoms with Crippen LogP contribution in [0.25, 0.3) is 16.6 Å². The molecule has 1 amide bonds. The Morgan fingerprint density at radius 3 is 2.81 bits per heavy atom. The molecule has 0 spiro atoms. The van der Waals surface area contributed by atoms with Crippen molar-refractivity contribution >= 4 is 34.3 Å². The molecule has 0 unspecified atom stereocenters. The topological polar surface area (TPSA) is 72.9 Å². The van der Waals surface area contributed by atoms with Gasteiger partial charge in [-0.3, -0.25) is 9.20 Å². The Morgan fingerprint density at radius 2 is 2.08 bits per heavy atom. The summed E-state index contributed by atoms with van der Waals surface area (Å²) < 4.78 is 13.0. The van der Waals surface area contributed by atoms with Gasteiger partial charge in [0.15, 0.2) is 5.58 Å². The highest BCUT2D eigenvalue weighted by molar-refractivity contribution is 8.00. The van der Waals surface area contributed by atoms with E-state index in [0.29, 0.717) is 26.3 Å². The Hall–Kier alpha value is -2.06. The molecule has 0 aliphatic carbocycles. The average Bonchev–Trinajstić information content (AvgIpc) is 3.28. The van der Waals surface area contributed by atoms with E-state index in [4.69, 9.17) is 9.15 Å². The molecule has 1 aliphatic heterocycles. The number of hydrogen-bond donors (Lipinski definition) is 0. The summed E-state index contributed by atoms with van der Waals surface area (Å²) in [6, 6.07) is 3.92. The third-order valence-corrected chi connectivity index (χ3v) is 6.03. The van der Waals surface area contributed by atoms with E-state index in [1.165, 1.54) is 11.8 Å². The highest BCUT2D eigenvalue weighted by Crippen LogP contribution is 2.32. The number of nitrogens with zero attached hydrogens (tertiary/aromatic N) is 4. The summed E-state index contributed by atoms with van der Waals surface area (Å²) in [4.78, 5) is 14.8. The highest BCUT2D eigenvalue weighted by atomic mass is 32.2. The molecule has 3 aromatic heterocycles. The van der Waals surface area contributed by atoms with Crippen LogP contribution in [-0.2, 0) is 16.0 Å². The van der Waals surface area contributed by atoms with E-state index >= 15 is 0 Å². The van der Waals surface area contributed by atoms with E-state index in [0.717, 1.165) is 40.3 Å². The molecule has 0 aromatic carbocycles. The maximum Gasteiger partial charge on any atom is 0.236 e. The predicted octanol–water partition coefficient (Wildman–Crippen LogP) is 2.77. The lowest BCUT2D eigenvalue weighted by atomic mass is 10.2. The van der Waals surface area contributed by atoms with Gasteiger partial charge in [0.25, 0.3) is 0 Å². The maximum atomic E-state index is 12.9. The first kappa shape index (κ1) is 17.4. The molecule has 1 fully saturated rings. The van der Waals surface area contributed by atoms with Crippen LogP contribution < -0.4 is 0 Å². The van der Waals surface area contributed by atoms with Crippen molar-refractivity contribution in [2.45, 2.75) is 37.0 Å². The minimum absolute atomic E-state index is 0.149. The van der Waals surface area contributed by atoms with E-state index in [1.807, 2.05) is 24.0 Å². The SMILES string of the molecule is CCc1nnc(S[C@@H](CC)C(=O)N2CCOCC2)c2cc3occc3n12. The average molecular weight is 374 g/mol. The van der Waals surface area contributed by atoms with Gasteiger partial charge in [-0.25, -0.2) is 0 Å². The second kappa shape index (κ2) is 7.28. The lowest BCUT2D eigenvalue weighted by molar-refractivity contribution is -0.134. The summed E-state index contributed by atoms with van der Waals surface area (Å²) in [5.74, 6) is 1.03. The zero-order valence-corrected chi connectivity index (χ0v) is 15.8. The Bertz CT molecular complexity index is 929. The van der Waals surface area contributed by atoms with Crippen molar-refractivity contribution in [1.82, 2.24) is 19.5 Å². The van der Waals surface area contributed by atoms with Crippen LogP contribution in [0.4, 0.5) is 0 Å². The zero-order valence-electron chi connectivity index (χ0n) is 15.0. The molecule has 1 aliphatic rings. The fourth-order valence-electron chi connectivity index (χ4n) is 3.30. The van der Waals surface area contributed by atoms with Gasteiger partial charge < -0.3 is 14.1 Å². The van der Waals surface area contributed by atoms with Crippen molar-refractivity contribution in [2.24, 2.45) is 0 Å². The summed E-state index contributed by atoms with van der Waals surface area (Å²) in [6.45, 7) is 6.62. The Morgan fingerprint density at radius 1 is 1.27 bits per heavy atom. The molecule has 0 radical (unpaired) electrons. The minimum Gasteiger partial charge on any atom is -0.463 e. The lowest BCUT2D eigenvalue weighted by Crippen LogP contribution is -2.44. The standard InChI is InChI=1S/C18H22N4O3S/c1-3-15(18(23)21-6-9-24-10-7-21)26-17-13-11-14-12(5-8-25-14)22(13)16(4-2)19-20-17/h5,8,11,15H,3-4,6-7,9-10H2,1-2H3/t15-/m0/s1. The number of hydrogen-bond acceptors (Lipinski definition) is 6. The van der Waals surface area contributed by atoms with Crippen LogP contribution in [0.2, 0.25) is 0 Å². The van der Waals surface area contributed by atoms with Gasteiger partial charge in [0, 0.05) is 31.6 Å². The second-order valence-corrected chi connectivity index (χ2v) is 7.45. The van der Waals surface area contributed by atoms with Crippen molar-refractivity contribution in [3.8, 4) is 0 Å². The molecule has 1 saturated heterocycles. The quantitative estimate of drug-likeness (QED) is 0.640. The van der Waals surface area contributed by atoms with Gasteiger partial charge in [-0.1, -0.05) is 25.6 Å². The molecule has 4 rings (SSSR count). The van der Waals surface area contributed by atoms with Crippen LogP contribution in [-0.4, -0.2) is 57.0 Å². The molecule has 0 bridgehead atoms. The number of ether oxygens (including phenoxy) is 1. The van der Waals surface area contributed by atoms with Gasteiger partial charge in [0.2, 0.25) is 5.91 Å². The number of amides is 1. The monoisotopic (exact) mass is 374 g/mol. The molecular weight excluding hydrogens is 352 g/mol. The fourth-order valence-corrected chi connectivity index (χ4v) is 4.35. The number of fused-ring (bicyclic) bond motifs is 3.